The first-order valence-corrected chi connectivity index (χ1v) is 4.98. The van der Waals surface area contributed by atoms with Gasteiger partial charge in [0, 0.05) is 5.92 Å². The summed E-state index contributed by atoms with van der Waals surface area (Å²) in [7, 11) is -3.34. The first-order valence-electron chi connectivity index (χ1n) is 3.40. The molecule has 1 saturated heterocycles. The lowest BCUT2D eigenvalue weighted by Crippen LogP contribution is -2.30. The Morgan fingerprint density at radius 3 is 2.73 bits per heavy atom. The molecule has 11 heavy (non-hydrogen) atoms. The van der Waals surface area contributed by atoms with Crippen molar-refractivity contribution in [1.82, 2.24) is 0 Å². The average Bonchev–Trinajstić information content (AvgIpc) is 1.83. The maximum atomic E-state index is 10.9. The van der Waals surface area contributed by atoms with Crippen molar-refractivity contribution in [3.63, 3.8) is 0 Å². The minimum Gasteiger partial charge on any atom is -0.267 e. The summed E-state index contributed by atoms with van der Waals surface area (Å²) in [6, 6.07) is 0. The van der Waals surface area contributed by atoms with Gasteiger partial charge in [-0.05, 0) is 13.3 Å². The van der Waals surface area contributed by atoms with E-state index in [-0.39, 0.29) is 17.8 Å². The lowest BCUT2D eigenvalue weighted by atomic mass is 10.1. The van der Waals surface area contributed by atoms with Crippen LogP contribution >= 0.6 is 0 Å². The van der Waals surface area contributed by atoms with Gasteiger partial charge in [0.25, 0.3) is 10.1 Å². The van der Waals surface area contributed by atoms with Crippen LogP contribution in [0.3, 0.4) is 0 Å². The summed E-state index contributed by atoms with van der Waals surface area (Å²) in [5.41, 5.74) is 0. The van der Waals surface area contributed by atoms with E-state index in [1.165, 1.54) is 0 Å². The highest BCUT2D eigenvalue weighted by molar-refractivity contribution is 7.86. The first-order chi connectivity index (χ1) is 5.03. The van der Waals surface area contributed by atoms with Crippen LogP contribution in [0.1, 0.15) is 13.3 Å². The van der Waals surface area contributed by atoms with E-state index >= 15 is 0 Å². The molecule has 2 unspecified atom stereocenters. The van der Waals surface area contributed by atoms with Crippen LogP contribution in [0.15, 0.2) is 0 Å². The zero-order chi connectivity index (χ0) is 8.48. The molecule has 0 N–H and O–H groups in total. The van der Waals surface area contributed by atoms with Crippen LogP contribution in [-0.2, 0) is 14.3 Å². The molecule has 2 atom stereocenters. The van der Waals surface area contributed by atoms with E-state index in [2.05, 4.69) is 10.1 Å². The summed E-state index contributed by atoms with van der Waals surface area (Å²) < 4.78 is 26.5. The molecule has 1 aliphatic rings. The SMILES string of the molecule is C#CC1CC(C)OS(=O)(=O)C1. The Bertz CT molecular complexity index is 273. The van der Waals surface area contributed by atoms with Crippen LogP contribution in [0.4, 0.5) is 0 Å². The van der Waals surface area contributed by atoms with Gasteiger partial charge in [0.1, 0.15) is 0 Å². The fraction of sp³-hybridized carbons (Fsp3) is 0.714. The van der Waals surface area contributed by atoms with Gasteiger partial charge in [-0.1, -0.05) is 0 Å². The highest BCUT2D eigenvalue weighted by atomic mass is 32.2. The maximum Gasteiger partial charge on any atom is 0.268 e. The molecule has 0 aromatic carbocycles. The number of hydrogen-bond donors (Lipinski definition) is 0. The van der Waals surface area contributed by atoms with Gasteiger partial charge in [0.15, 0.2) is 0 Å². The highest BCUT2D eigenvalue weighted by Crippen LogP contribution is 2.20. The maximum absolute atomic E-state index is 10.9. The van der Waals surface area contributed by atoms with E-state index in [1.54, 1.807) is 6.92 Å². The Morgan fingerprint density at radius 1 is 1.64 bits per heavy atom. The molecule has 1 fully saturated rings. The third-order valence-corrected chi connectivity index (χ3v) is 3.00. The molecular formula is C7H10O3S. The normalized spacial score (nSPS) is 36.0. The molecule has 1 heterocycles. The minimum atomic E-state index is -3.34. The van der Waals surface area contributed by atoms with E-state index in [9.17, 15) is 8.42 Å². The van der Waals surface area contributed by atoms with Crippen LogP contribution in [0.5, 0.6) is 0 Å². The molecule has 0 saturated carbocycles. The predicted octanol–water partition coefficient (Wildman–Crippen LogP) is 0.374. The third-order valence-electron chi connectivity index (χ3n) is 1.57. The Balaban J connectivity index is 2.76. The van der Waals surface area contributed by atoms with E-state index in [0.717, 1.165) is 0 Å². The molecule has 62 valence electrons. The van der Waals surface area contributed by atoms with Crippen LogP contribution in [0.2, 0.25) is 0 Å². The summed E-state index contributed by atoms with van der Waals surface area (Å²) in [5, 5.41) is 0. The number of rotatable bonds is 0. The molecule has 0 aliphatic carbocycles. The van der Waals surface area contributed by atoms with Crippen molar-refractivity contribution in [2.24, 2.45) is 5.92 Å². The van der Waals surface area contributed by atoms with Gasteiger partial charge < -0.3 is 0 Å². The summed E-state index contributed by atoms with van der Waals surface area (Å²) in [6.07, 6.45) is 5.48. The van der Waals surface area contributed by atoms with Gasteiger partial charge in [0.05, 0.1) is 11.9 Å². The van der Waals surface area contributed by atoms with Crippen molar-refractivity contribution in [3.8, 4) is 12.3 Å². The molecule has 1 rings (SSSR count). The first kappa shape index (κ1) is 8.57. The largest absolute Gasteiger partial charge is 0.268 e. The summed E-state index contributed by atoms with van der Waals surface area (Å²) >= 11 is 0. The van der Waals surface area contributed by atoms with Crippen molar-refractivity contribution in [3.05, 3.63) is 0 Å². The molecule has 1 aliphatic heterocycles. The zero-order valence-corrected chi connectivity index (χ0v) is 7.10. The Kier molecular flexibility index (Phi) is 2.21. The lowest BCUT2D eigenvalue weighted by Gasteiger charge is -2.22. The van der Waals surface area contributed by atoms with Crippen molar-refractivity contribution in [2.75, 3.05) is 5.75 Å². The standard InChI is InChI=1S/C7H10O3S/c1-3-7-4-6(2)10-11(8,9)5-7/h1,6-7H,4-5H2,2H3. The van der Waals surface area contributed by atoms with Crippen molar-refractivity contribution in [1.29, 1.82) is 0 Å². The van der Waals surface area contributed by atoms with Crippen LogP contribution in [-0.4, -0.2) is 20.3 Å². The molecule has 0 bridgehead atoms. The van der Waals surface area contributed by atoms with E-state index in [4.69, 9.17) is 6.42 Å². The monoisotopic (exact) mass is 174 g/mol. The molecular weight excluding hydrogens is 164 g/mol. The van der Waals surface area contributed by atoms with Gasteiger partial charge in [-0.15, -0.1) is 12.3 Å². The zero-order valence-electron chi connectivity index (χ0n) is 6.28. The quantitative estimate of drug-likeness (QED) is 0.394. The van der Waals surface area contributed by atoms with Gasteiger partial charge in [-0.3, -0.25) is 4.18 Å². The number of terminal acetylenes is 1. The van der Waals surface area contributed by atoms with Crippen molar-refractivity contribution >= 4 is 10.1 Å². The summed E-state index contributed by atoms with van der Waals surface area (Å²) in [6.45, 7) is 1.71. The Labute approximate surface area is 66.9 Å². The average molecular weight is 174 g/mol. The smallest absolute Gasteiger partial charge is 0.267 e. The Hall–Kier alpha value is -0.530. The predicted molar refractivity (Wildman–Crippen MR) is 41.3 cm³/mol. The minimum absolute atomic E-state index is 0.0339. The summed E-state index contributed by atoms with van der Waals surface area (Å²) in [5.74, 6) is 2.22. The van der Waals surface area contributed by atoms with Crippen molar-refractivity contribution in [2.45, 2.75) is 19.4 Å². The molecule has 0 spiro atoms. The third kappa shape index (κ3) is 2.21. The fourth-order valence-electron chi connectivity index (χ4n) is 1.16. The van der Waals surface area contributed by atoms with E-state index in [1.807, 2.05) is 0 Å². The summed E-state index contributed by atoms with van der Waals surface area (Å²) in [4.78, 5) is 0. The van der Waals surface area contributed by atoms with E-state index in [0.29, 0.717) is 6.42 Å². The van der Waals surface area contributed by atoms with Crippen molar-refractivity contribution < 1.29 is 12.6 Å². The van der Waals surface area contributed by atoms with Gasteiger partial charge >= 0.3 is 0 Å². The molecule has 0 aromatic rings. The fourth-order valence-corrected chi connectivity index (χ4v) is 2.54. The highest BCUT2D eigenvalue weighted by Gasteiger charge is 2.28. The molecule has 3 nitrogen and oxygen atoms in total. The van der Waals surface area contributed by atoms with E-state index < -0.39 is 10.1 Å². The second-order valence-corrected chi connectivity index (χ2v) is 4.37. The van der Waals surface area contributed by atoms with Crippen LogP contribution in [0, 0.1) is 18.3 Å². The second-order valence-electron chi connectivity index (χ2n) is 2.73. The van der Waals surface area contributed by atoms with Crippen LogP contribution in [0.25, 0.3) is 0 Å². The molecule has 0 amide bonds. The topological polar surface area (TPSA) is 43.4 Å². The molecule has 4 heteroatoms. The van der Waals surface area contributed by atoms with Gasteiger partial charge in [-0.2, -0.15) is 8.42 Å². The van der Waals surface area contributed by atoms with Gasteiger partial charge in [0.2, 0.25) is 0 Å². The van der Waals surface area contributed by atoms with Gasteiger partial charge in [-0.25, -0.2) is 0 Å². The molecule has 0 radical (unpaired) electrons. The molecule has 0 aromatic heterocycles. The Morgan fingerprint density at radius 2 is 2.27 bits per heavy atom. The lowest BCUT2D eigenvalue weighted by molar-refractivity contribution is 0.187. The second kappa shape index (κ2) is 2.84. The number of hydrogen-bond acceptors (Lipinski definition) is 3. The van der Waals surface area contributed by atoms with Crippen LogP contribution < -0.4 is 0 Å².